The van der Waals surface area contributed by atoms with Crippen molar-refractivity contribution in [2.24, 2.45) is 0 Å². The molecule has 0 saturated heterocycles. The van der Waals surface area contributed by atoms with E-state index in [0.717, 1.165) is 0 Å². The molecule has 0 atom stereocenters. The third-order valence-electron chi connectivity index (χ3n) is 5.64. The summed E-state index contributed by atoms with van der Waals surface area (Å²) in [5, 5.41) is 2.70. The number of aryl methyl sites for hydroxylation is 2. The Labute approximate surface area is 159 Å². The Morgan fingerprint density at radius 1 is 0.654 bits per heavy atom. The molecule has 0 aliphatic carbocycles. The van der Waals surface area contributed by atoms with Crippen LogP contribution >= 0.6 is 0 Å². The van der Waals surface area contributed by atoms with Gasteiger partial charge < -0.3 is 4.98 Å². The fraction of sp³-hybridized carbons (Fsp3) is 0.520. The van der Waals surface area contributed by atoms with Gasteiger partial charge in [0, 0.05) is 21.8 Å². The van der Waals surface area contributed by atoms with Crippen molar-refractivity contribution in [1.29, 1.82) is 0 Å². The van der Waals surface area contributed by atoms with E-state index < -0.39 is 0 Å². The summed E-state index contributed by atoms with van der Waals surface area (Å²) in [7, 11) is 0. The van der Waals surface area contributed by atoms with Crippen molar-refractivity contribution in [3.05, 3.63) is 47.5 Å². The molecule has 0 spiro atoms. The Morgan fingerprint density at radius 3 is 1.92 bits per heavy atom. The molecule has 26 heavy (non-hydrogen) atoms. The first kappa shape index (κ1) is 19.0. The highest BCUT2D eigenvalue weighted by atomic mass is 14.7. The molecule has 3 rings (SSSR count). The number of H-pyrrole nitrogens is 1. The molecular formula is C25H35N. The first-order valence-corrected chi connectivity index (χ1v) is 10.8. The van der Waals surface area contributed by atoms with Crippen LogP contribution in [0.5, 0.6) is 0 Å². The lowest BCUT2D eigenvalue weighted by atomic mass is 10.0. The molecule has 1 nitrogen and oxygen atoms in total. The molecule has 0 fully saturated rings. The summed E-state index contributed by atoms with van der Waals surface area (Å²) in [5.74, 6) is 0. The number of rotatable bonds is 11. The van der Waals surface area contributed by atoms with E-state index in [-0.39, 0.29) is 0 Å². The van der Waals surface area contributed by atoms with Crippen LogP contribution in [0, 0.1) is 6.92 Å². The molecular weight excluding hydrogens is 314 g/mol. The zero-order chi connectivity index (χ0) is 18.2. The third kappa shape index (κ3) is 5.13. The Hall–Kier alpha value is -1.76. The number of hydrogen-bond acceptors (Lipinski definition) is 0. The Balaban J connectivity index is 1.41. The monoisotopic (exact) mass is 349 g/mol. The summed E-state index contributed by atoms with van der Waals surface area (Å²) in [6.45, 7) is 4.44. The minimum atomic E-state index is 1.21. The van der Waals surface area contributed by atoms with E-state index in [9.17, 15) is 0 Å². The molecule has 1 aromatic heterocycles. The minimum absolute atomic E-state index is 1.21. The second-order valence-electron chi connectivity index (χ2n) is 7.99. The van der Waals surface area contributed by atoms with Gasteiger partial charge in [0.05, 0.1) is 0 Å². The van der Waals surface area contributed by atoms with Gasteiger partial charge in [-0.05, 0) is 43.0 Å². The quantitative estimate of drug-likeness (QED) is 0.337. The smallest absolute Gasteiger partial charge is 0.0467 e. The maximum absolute atomic E-state index is 3.60. The van der Waals surface area contributed by atoms with Crippen molar-refractivity contribution in [2.75, 3.05) is 0 Å². The van der Waals surface area contributed by atoms with Crippen LogP contribution in [0.25, 0.3) is 21.8 Å². The third-order valence-corrected chi connectivity index (χ3v) is 5.64. The largest absolute Gasteiger partial charge is 0.354 e. The van der Waals surface area contributed by atoms with Crippen LogP contribution in [0.3, 0.4) is 0 Å². The van der Waals surface area contributed by atoms with Crippen LogP contribution in [0.15, 0.2) is 36.4 Å². The second-order valence-corrected chi connectivity index (χ2v) is 7.99. The standard InChI is InChI=1S/C25H35N/c1-3-4-5-6-7-8-9-10-11-12-13-21-15-17-23-22-16-14-20(2)18-24(22)26-25(23)19-21/h14-19,26H,3-13H2,1-2H3. The predicted molar refractivity (Wildman–Crippen MR) is 116 cm³/mol. The van der Waals surface area contributed by atoms with Crippen molar-refractivity contribution >= 4 is 21.8 Å². The highest BCUT2D eigenvalue weighted by Gasteiger charge is 2.05. The lowest BCUT2D eigenvalue weighted by Crippen LogP contribution is -1.87. The average molecular weight is 350 g/mol. The van der Waals surface area contributed by atoms with Gasteiger partial charge in [-0.1, -0.05) is 89.0 Å². The van der Waals surface area contributed by atoms with Gasteiger partial charge in [-0.15, -0.1) is 0 Å². The van der Waals surface area contributed by atoms with Gasteiger partial charge in [0.1, 0.15) is 0 Å². The molecule has 0 bridgehead atoms. The molecule has 0 saturated carbocycles. The molecule has 1 heterocycles. The zero-order valence-electron chi connectivity index (χ0n) is 16.7. The zero-order valence-corrected chi connectivity index (χ0v) is 16.7. The Kier molecular flexibility index (Phi) is 7.17. The fourth-order valence-corrected chi connectivity index (χ4v) is 4.04. The van der Waals surface area contributed by atoms with Gasteiger partial charge in [-0.25, -0.2) is 0 Å². The summed E-state index contributed by atoms with van der Waals surface area (Å²) in [6, 6.07) is 13.7. The van der Waals surface area contributed by atoms with Crippen LogP contribution in [-0.2, 0) is 6.42 Å². The fourth-order valence-electron chi connectivity index (χ4n) is 4.04. The lowest BCUT2D eigenvalue weighted by molar-refractivity contribution is 0.556. The van der Waals surface area contributed by atoms with E-state index in [2.05, 4.69) is 55.2 Å². The summed E-state index contributed by atoms with van der Waals surface area (Å²) < 4.78 is 0. The number of unbranched alkanes of at least 4 members (excludes halogenated alkanes) is 9. The number of aromatic amines is 1. The van der Waals surface area contributed by atoms with Crippen LogP contribution in [0.4, 0.5) is 0 Å². The normalized spacial score (nSPS) is 11.6. The Bertz CT molecular complexity index is 811. The molecule has 0 radical (unpaired) electrons. The van der Waals surface area contributed by atoms with Crippen molar-refractivity contribution in [3.8, 4) is 0 Å². The first-order valence-electron chi connectivity index (χ1n) is 10.8. The molecule has 2 aromatic carbocycles. The number of aromatic nitrogens is 1. The van der Waals surface area contributed by atoms with Crippen molar-refractivity contribution in [3.63, 3.8) is 0 Å². The van der Waals surface area contributed by atoms with Crippen molar-refractivity contribution < 1.29 is 0 Å². The van der Waals surface area contributed by atoms with E-state index in [1.54, 1.807) is 0 Å². The topological polar surface area (TPSA) is 15.8 Å². The van der Waals surface area contributed by atoms with Crippen LogP contribution < -0.4 is 0 Å². The molecule has 0 unspecified atom stereocenters. The summed E-state index contributed by atoms with van der Waals surface area (Å²) in [4.78, 5) is 3.60. The number of fused-ring (bicyclic) bond motifs is 3. The van der Waals surface area contributed by atoms with Crippen molar-refractivity contribution in [2.45, 2.75) is 84.5 Å². The van der Waals surface area contributed by atoms with Gasteiger partial charge in [0.15, 0.2) is 0 Å². The molecule has 140 valence electrons. The Morgan fingerprint density at radius 2 is 1.23 bits per heavy atom. The maximum atomic E-state index is 3.60. The van der Waals surface area contributed by atoms with E-state index in [0.29, 0.717) is 0 Å². The van der Waals surface area contributed by atoms with Gasteiger partial charge in [-0.3, -0.25) is 0 Å². The molecule has 0 amide bonds. The van der Waals surface area contributed by atoms with Gasteiger partial charge in [0.25, 0.3) is 0 Å². The number of hydrogen-bond donors (Lipinski definition) is 1. The van der Waals surface area contributed by atoms with E-state index in [1.165, 1.54) is 104 Å². The van der Waals surface area contributed by atoms with E-state index in [4.69, 9.17) is 0 Å². The highest BCUT2D eigenvalue weighted by molar-refractivity contribution is 6.07. The van der Waals surface area contributed by atoms with E-state index >= 15 is 0 Å². The van der Waals surface area contributed by atoms with Crippen molar-refractivity contribution in [1.82, 2.24) is 4.98 Å². The minimum Gasteiger partial charge on any atom is -0.354 e. The SMILES string of the molecule is CCCCCCCCCCCCc1ccc2c(c1)[nH]c1cc(C)ccc12. The van der Waals surface area contributed by atoms with Gasteiger partial charge in [0.2, 0.25) is 0 Å². The molecule has 0 aliphatic heterocycles. The molecule has 1 N–H and O–H groups in total. The number of benzene rings is 2. The average Bonchev–Trinajstić information content (AvgIpc) is 2.99. The highest BCUT2D eigenvalue weighted by Crippen LogP contribution is 2.27. The van der Waals surface area contributed by atoms with E-state index in [1.807, 2.05) is 0 Å². The predicted octanol–water partition coefficient (Wildman–Crippen LogP) is 8.09. The second kappa shape index (κ2) is 9.80. The summed E-state index contributed by atoms with van der Waals surface area (Å²) in [5.41, 5.74) is 5.33. The first-order chi connectivity index (χ1) is 12.8. The summed E-state index contributed by atoms with van der Waals surface area (Å²) in [6.07, 6.45) is 15.3. The van der Waals surface area contributed by atoms with Crippen LogP contribution in [-0.4, -0.2) is 4.98 Å². The number of nitrogens with one attached hydrogen (secondary N) is 1. The molecule has 1 heteroatoms. The van der Waals surface area contributed by atoms with Crippen LogP contribution in [0.1, 0.15) is 82.3 Å². The lowest BCUT2D eigenvalue weighted by Gasteiger charge is -2.03. The maximum Gasteiger partial charge on any atom is 0.0467 e. The molecule has 3 aromatic rings. The molecule has 0 aliphatic rings. The summed E-state index contributed by atoms with van der Waals surface area (Å²) >= 11 is 0. The van der Waals surface area contributed by atoms with Crippen LogP contribution in [0.2, 0.25) is 0 Å². The van der Waals surface area contributed by atoms with Gasteiger partial charge >= 0.3 is 0 Å². The van der Waals surface area contributed by atoms with Gasteiger partial charge in [-0.2, -0.15) is 0 Å².